The van der Waals surface area contributed by atoms with Crippen LogP contribution >= 0.6 is 0 Å². The normalized spacial score (nSPS) is 13.3. The Morgan fingerprint density at radius 1 is 1.42 bits per heavy atom. The van der Waals surface area contributed by atoms with Gasteiger partial charge in [-0.3, -0.25) is 0 Å². The fraction of sp³-hybridized carbons (Fsp3) is 0.400. The Labute approximate surface area is 113 Å². The zero-order chi connectivity index (χ0) is 13.5. The molecule has 0 saturated heterocycles. The molecular weight excluding hydrogens is 240 g/mol. The molecule has 0 atom stereocenters. The summed E-state index contributed by atoms with van der Waals surface area (Å²) in [5, 5.41) is 14.4. The van der Waals surface area contributed by atoms with Crippen LogP contribution in [0.1, 0.15) is 30.4 Å². The van der Waals surface area contributed by atoms with Gasteiger partial charge in [0.05, 0.1) is 6.61 Å². The number of carbonyl (C=O) groups excluding carboxylic acids is 1. The molecule has 1 aromatic rings. The van der Waals surface area contributed by atoms with Gasteiger partial charge in [-0.1, -0.05) is 24.0 Å². The second kappa shape index (κ2) is 6.81. The van der Waals surface area contributed by atoms with Crippen molar-refractivity contribution in [2.75, 3.05) is 6.61 Å². The van der Waals surface area contributed by atoms with E-state index in [2.05, 4.69) is 22.5 Å². The van der Waals surface area contributed by atoms with Gasteiger partial charge in [-0.05, 0) is 30.5 Å². The number of amides is 2. The fourth-order valence-electron chi connectivity index (χ4n) is 1.63. The predicted octanol–water partition coefficient (Wildman–Crippen LogP) is 1.38. The van der Waals surface area contributed by atoms with Gasteiger partial charge >= 0.3 is 6.03 Å². The van der Waals surface area contributed by atoms with Crippen LogP contribution in [0.2, 0.25) is 0 Å². The van der Waals surface area contributed by atoms with Gasteiger partial charge in [0, 0.05) is 24.6 Å². The van der Waals surface area contributed by atoms with E-state index in [9.17, 15) is 4.79 Å². The van der Waals surface area contributed by atoms with Crippen LogP contribution in [0.3, 0.4) is 0 Å². The average molecular weight is 258 g/mol. The molecule has 4 heteroatoms. The number of rotatable bonds is 4. The molecule has 0 heterocycles. The maximum absolute atomic E-state index is 11.5. The Balaban J connectivity index is 1.84. The zero-order valence-corrected chi connectivity index (χ0v) is 10.8. The number of aliphatic hydroxyl groups excluding tert-OH is 1. The van der Waals surface area contributed by atoms with Crippen LogP contribution in [-0.2, 0) is 6.54 Å². The molecule has 1 aromatic carbocycles. The molecule has 1 fully saturated rings. The van der Waals surface area contributed by atoms with Crippen molar-refractivity contribution >= 4 is 6.03 Å². The van der Waals surface area contributed by atoms with Crippen LogP contribution in [-0.4, -0.2) is 23.8 Å². The molecule has 0 aromatic heterocycles. The molecule has 0 unspecified atom stereocenters. The van der Waals surface area contributed by atoms with E-state index in [1.165, 1.54) is 0 Å². The van der Waals surface area contributed by atoms with Crippen LogP contribution in [0.4, 0.5) is 4.79 Å². The summed E-state index contributed by atoms with van der Waals surface area (Å²) >= 11 is 0. The molecule has 0 aliphatic heterocycles. The lowest BCUT2D eigenvalue weighted by atomic mass is 10.1. The van der Waals surface area contributed by atoms with Crippen LogP contribution in [0, 0.1) is 11.8 Å². The first-order valence-corrected chi connectivity index (χ1v) is 6.51. The van der Waals surface area contributed by atoms with Crippen molar-refractivity contribution < 1.29 is 9.90 Å². The lowest BCUT2D eigenvalue weighted by Gasteiger charge is -2.06. The van der Waals surface area contributed by atoms with Gasteiger partial charge < -0.3 is 15.7 Å². The average Bonchev–Trinajstić information content (AvgIpc) is 3.21. The molecular formula is C15H18N2O2. The van der Waals surface area contributed by atoms with E-state index in [0.717, 1.165) is 24.0 Å². The SMILES string of the molecule is O=C(NCc1cccc(C#CCCO)c1)NC1CC1. The minimum atomic E-state index is -0.112. The van der Waals surface area contributed by atoms with Crippen molar-refractivity contribution in [1.29, 1.82) is 0 Å². The third-order valence-corrected chi connectivity index (χ3v) is 2.76. The lowest BCUT2D eigenvalue weighted by molar-refractivity contribution is 0.240. The zero-order valence-electron chi connectivity index (χ0n) is 10.8. The maximum Gasteiger partial charge on any atom is 0.315 e. The Hall–Kier alpha value is -1.99. The Morgan fingerprint density at radius 2 is 2.26 bits per heavy atom. The van der Waals surface area contributed by atoms with Crippen molar-refractivity contribution in [2.45, 2.75) is 31.8 Å². The number of aliphatic hydroxyl groups is 1. The maximum atomic E-state index is 11.5. The van der Waals surface area contributed by atoms with Crippen LogP contribution in [0.15, 0.2) is 24.3 Å². The summed E-state index contributed by atoms with van der Waals surface area (Å²) in [5.41, 5.74) is 1.91. The Kier molecular flexibility index (Phi) is 4.82. The number of urea groups is 1. The number of carbonyl (C=O) groups is 1. The fourth-order valence-corrected chi connectivity index (χ4v) is 1.63. The molecule has 2 amide bonds. The Morgan fingerprint density at radius 3 is 3.00 bits per heavy atom. The summed E-state index contributed by atoms with van der Waals surface area (Å²) in [6.45, 7) is 0.573. The van der Waals surface area contributed by atoms with Crippen LogP contribution in [0.5, 0.6) is 0 Å². The first-order chi connectivity index (χ1) is 9.28. The first kappa shape index (κ1) is 13.4. The van der Waals surface area contributed by atoms with E-state index in [1.807, 2.05) is 24.3 Å². The summed E-state index contributed by atoms with van der Waals surface area (Å²) in [5.74, 6) is 5.86. The topological polar surface area (TPSA) is 61.4 Å². The summed E-state index contributed by atoms with van der Waals surface area (Å²) in [4.78, 5) is 11.5. The van der Waals surface area contributed by atoms with Gasteiger partial charge in [0.25, 0.3) is 0 Å². The van der Waals surface area contributed by atoms with Crippen molar-refractivity contribution in [3.63, 3.8) is 0 Å². The van der Waals surface area contributed by atoms with Crippen molar-refractivity contribution in [3.8, 4) is 11.8 Å². The molecule has 0 bridgehead atoms. The van der Waals surface area contributed by atoms with E-state index in [4.69, 9.17) is 5.11 Å². The number of hydrogen-bond donors (Lipinski definition) is 3. The molecule has 3 N–H and O–H groups in total. The molecule has 2 rings (SSSR count). The molecule has 19 heavy (non-hydrogen) atoms. The third-order valence-electron chi connectivity index (χ3n) is 2.76. The minimum absolute atomic E-state index is 0.0790. The molecule has 100 valence electrons. The number of nitrogens with one attached hydrogen (secondary N) is 2. The van der Waals surface area contributed by atoms with Crippen molar-refractivity contribution in [1.82, 2.24) is 10.6 Å². The van der Waals surface area contributed by atoms with Gasteiger partial charge in [0.15, 0.2) is 0 Å². The summed E-state index contributed by atoms with van der Waals surface area (Å²) in [6, 6.07) is 7.99. The van der Waals surface area contributed by atoms with E-state index < -0.39 is 0 Å². The third kappa shape index (κ3) is 5.02. The van der Waals surface area contributed by atoms with Gasteiger partial charge in [-0.15, -0.1) is 0 Å². The lowest BCUT2D eigenvalue weighted by Crippen LogP contribution is -2.36. The molecule has 0 radical (unpaired) electrons. The molecule has 1 aliphatic rings. The van der Waals surface area contributed by atoms with Crippen molar-refractivity contribution in [2.24, 2.45) is 0 Å². The second-order valence-electron chi connectivity index (χ2n) is 4.58. The van der Waals surface area contributed by atoms with Crippen LogP contribution < -0.4 is 10.6 Å². The molecule has 1 aliphatic carbocycles. The molecule has 1 saturated carbocycles. The van der Waals surface area contributed by atoms with E-state index in [-0.39, 0.29) is 12.6 Å². The summed E-state index contributed by atoms with van der Waals surface area (Å²) in [7, 11) is 0. The van der Waals surface area contributed by atoms with Crippen molar-refractivity contribution in [3.05, 3.63) is 35.4 Å². The number of hydrogen-bond acceptors (Lipinski definition) is 2. The standard InChI is InChI=1S/C15H18N2O2/c18-9-2-1-4-12-5-3-6-13(10-12)11-16-15(19)17-14-7-8-14/h3,5-6,10,14,18H,2,7-9,11H2,(H2,16,17,19). The highest BCUT2D eigenvalue weighted by molar-refractivity contribution is 5.74. The van der Waals surface area contributed by atoms with Gasteiger partial charge in [-0.25, -0.2) is 4.79 Å². The Bertz CT molecular complexity index is 498. The molecule has 0 spiro atoms. The summed E-state index contributed by atoms with van der Waals surface area (Å²) < 4.78 is 0. The highest BCUT2D eigenvalue weighted by atomic mass is 16.2. The van der Waals surface area contributed by atoms with E-state index in [0.29, 0.717) is 19.0 Å². The van der Waals surface area contributed by atoms with E-state index in [1.54, 1.807) is 0 Å². The highest BCUT2D eigenvalue weighted by Crippen LogP contribution is 2.18. The van der Waals surface area contributed by atoms with Gasteiger partial charge in [0.2, 0.25) is 0 Å². The highest BCUT2D eigenvalue weighted by Gasteiger charge is 2.22. The largest absolute Gasteiger partial charge is 0.395 e. The molecule has 4 nitrogen and oxygen atoms in total. The predicted molar refractivity (Wildman–Crippen MR) is 73.4 cm³/mol. The second-order valence-corrected chi connectivity index (χ2v) is 4.58. The first-order valence-electron chi connectivity index (χ1n) is 6.51. The quantitative estimate of drug-likeness (QED) is 0.715. The van der Waals surface area contributed by atoms with Crippen LogP contribution in [0.25, 0.3) is 0 Å². The minimum Gasteiger partial charge on any atom is -0.395 e. The smallest absolute Gasteiger partial charge is 0.315 e. The summed E-state index contributed by atoms with van der Waals surface area (Å²) in [6.07, 6.45) is 2.65. The number of benzene rings is 1. The monoisotopic (exact) mass is 258 g/mol. The van der Waals surface area contributed by atoms with E-state index >= 15 is 0 Å². The van der Waals surface area contributed by atoms with Gasteiger partial charge in [0.1, 0.15) is 0 Å². The van der Waals surface area contributed by atoms with Gasteiger partial charge in [-0.2, -0.15) is 0 Å².